The molecule has 2 aromatic rings. The quantitative estimate of drug-likeness (QED) is 0.658. The molecule has 0 bridgehead atoms. The molecule has 0 heterocycles. The van der Waals surface area contributed by atoms with Gasteiger partial charge in [-0.3, -0.25) is 0 Å². The van der Waals surface area contributed by atoms with E-state index < -0.39 is 0 Å². The van der Waals surface area contributed by atoms with Gasteiger partial charge in [-0.15, -0.1) is 0 Å². The molecule has 0 atom stereocenters. The molecule has 111 valence electrons. The molecule has 0 amide bonds. The van der Waals surface area contributed by atoms with E-state index in [1.54, 1.807) is 21.3 Å². The standard InChI is InChI=1S/C17H17BrO3.Rb/c1-19-14-8-6-12(7-9-14)4-5-13-10-15(18)17(21-3)16(11-13)20-2;/h4-11H,1-3H3;/b5-4-;. The second-order valence-electron chi connectivity index (χ2n) is 4.34. The SMILES string of the molecule is COc1ccc(/C=C\c2cc(Br)c(OC)c(OC)c2)cc1.[Rb]. The minimum atomic E-state index is 0. The average molecular weight is 435 g/mol. The zero-order valence-electron chi connectivity index (χ0n) is 13.2. The van der Waals surface area contributed by atoms with Gasteiger partial charge in [0.15, 0.2) is 11.5 Å². The van der Waals surface area contributed by atoms with Crippen LogP contribution in [0.1, 0.15) is 11.1 Å². The molecule has 0 aliphatic rings. The normalized spacial score (nSPS) is 10.2. The summed E-state index contributed by atoms with van der Waals surface area (Å²) in [6.45, 7) is 0. The molecule has 3 nitrogen and oxygen atoms in total. The predicted molar refractivity (Wildman–Crippen MR) is 94.9 cm³/mol. The molecular weight excluding hydrogens is 418 g/mol. The Hall–Kier alpha value is -0.135. The van der Waals surface area contributed by atoms with E-state index in [1.807, 2.05) is 48.6 Å². The van der Waals surface area contributed by atoms with Crippen LogP contribution in [-0.2, 0) is 0 Å². The van der Waals surface area contributed by atoms with Gasteiger partial charge in [0, 0.05) is 58.2 Å². The molecule has 0 saturated heterocycles. The molecule has 0 N–H and O–H groups in total. The van der Waals surface area contributed by atoms with Gasteiger partial charge in [0.2, 0.25) is 0 Å². The number of hydrogen-bond donors (Lipinski definition) is 0. The first-order chi connectivity index (χ1) is 10.2. The van der Waals surface area contributed by atoms with Crippen molar-refractivity contribution in [3.63, 3.8) is 0 Å². The minimum Gasteiger partial charge on any atom is -0.497 e. The number of hydrogen-bond acceptors (Lipinski definition) is 3. The van der Waals surface area contributed by atoms with Crippen LogP contribution in [0, 0.1) is 0 Å². The van der Waals surface area contributed by atoms with Crippen molar-refractivity contribution in [1.29, 1.82) is 0 Å². The maximum atomic E-state index is 5.33. The van der Waals surface area contributed by atoms with Crippen molar-refractivity contribution in [2.24, 2.45) is 0 Å². The van der Waals surface area contributed by atoms with Crippen molar-refractivity contribution in [3.05, 3.63) is 52.0 Å². The van der Waals surface area contributed by atoms with Crippen molar-refractivity contribution in [1.82, 2.24) is 0 Å². The Morgan fingerprint density at radius 1 is 0.818 bits per heavy atom. The van der Waals surface area contributed by atoms with E-state index >= 15 is 0 Å². The topological polar surface area (TPSA) is 27.7 Å². The molecule has 0 aliphatic carbocycles. The van der Waals surface area contributed by atoms with Crippen LogP contribution >= 0.6 is 15.9 Å². The Morgan fingerprint density at radius 3 is 2.00 bits per heavy atom. The third-order valence-corrected chi connectivity index (χ3v) is 3.63. The Bertz CT molecular complexity index is 639. The average Bonchev–Trinajstić information content (AvgIpc) is 2.52. The van der Waals surface area contributed by atoms with Crippen molar-refractivity contribution >= 4 is 86.3 Å². The molecular formula is C17H17BrO3Rb. The van der Waals surface area contributed by atoms with Crippen LogP contribution in [0.3, 0.4) is 0 Å². The summed E-state index contributed by atoms with van der Waals surface area (Å²) in [5.41, 5.74) is 2.12. The van der Waals surface area contributed by atoms with Gasteiger partial charge in [-0.05, 0) is 51.3 Å². The van der Waals surface area contributed by atoms with E-state index in [4.69, 9.17) is 14.2 Å². The van der Waals surface area contributed by atoms with Crippen LogP contribution in [0.4, 0.5) is 0 Å². The van der Waals surface area contributed by atoms with E-state index in [2.05, 4.69) is 15.9 Å². The monoisotopic (exact) mass is 433 g/mol. The van der Waals surface area contributed by atoms with Crippen LogP contribution in [-0.4, -0.2) is 79.5 Å². The smallest absolute Gasteiger partial charge is 0.174 e. The zero-order chi connectivity index (χ0) is 15.2. The molecule has 1 radical (unpaired) electrons. The molecule has 0 unspecified atom stereocenters. The van der Waals surface area contributed by atoms with Gasteiger partial charge < -0.3 is 14.2 Å². The summed E-state index contributed by atoms with van der Waals surface area (Å²) in [5, 5.41) is 0. The summed E-state index contributed by atoms with van der Waals surface area (Å²) in [5.74, 6) is 2.24. The summed E-state index contributed by atoms with van der Waals surface area (Å²) >= 11 is 3.49. The Balaban J connectivity index is 0.00000242. The molecule has 0 spiro atoms. The van der Waals surface area contributed by atoms with Crippen LogP contribution in [0.25, 0.3) is 12.2 Å². The van der Waals surface area contributed by atoms with Crippen LogP contribution in [0.5, 0.6) is 17.2 Å². The van der Waals surface area contributed by atoms with Crippen molar-refractivity contribution in [2.75, 3.05) is 21.3 Å². The summed E-state index contributed by atoms with van der Waals surface area (Å²) < 4.78 is 16.6. The zero-order valence-corrected chi connectivity index (χ0v) is 19.7. The Kier molecular flexibility index (Phi) is 8.94. The minimum absolute atomic E-state index is 0. The summed E-state index contributed by atoms with van der Waals surface area (Å²) in [7, 11) is 4.91. The number of methoxy groups -OCH3 is 3. The van der Waals surface area contributed by atoms with E-state index in [-0.39, 0.29) is 58.2 Å². The molecule has 0 fully saturated rings. The van der Waals surface area contributed by atoms with Crippen LogP contribution in [0.2, 0.25) is 0 Å². The second-order valence-corrected chi connectivity index (χ2v) is 5.20. The van der Waals surface area contributed by atoms with Gasteiger partial charge in [-0.25, -0.2) is 0 Å². The van der Waals surface area contributed by atoms with Crippen molar-refractivity contribution < 1.29 is 14.2 Å². The summed E-state index contributed by atoms with van der Waals surface area (Å²) in [4.78, 5) is 0. The third kappa shape index (κ3) is 5.20. The first-order valence-electron chi connectivity index (χ1n) is 6.41. The van der Waals surface area contributed by atoms with E-state index in [0.717, 1.165) is 21.3 Å². The van der Waals surface area contributed by atoms with Crippen LogP contribution < -0.4 is 14.2 Å². The largest absolute Gasteiger partial charge is 0.497 e. The Labute approximate surface area is 188 Å². The van der Waals surface area contributed by atoms with Gasteiger partial charge >= 0.3 is 0 Å². The van der Waals surface area contributed by atoms with Gasteiger partial charge in [0.1, 0.15) is 5.75 Å². The summed E-state index contributed by atoms with van der Waals surface area (Å²) in [6, 6.07) is 11.8. The maximum absolute atomic E-state index is 5.33. The molecule has 2 aromatic carbocycles. The van der Waals surface area contributed by atoms with Crippen molar-refractivity contribution in [3.8, 4) is 17.2 Å². The molecule has 22 heavy (non-hydrogen) atoms. The first kappa shape index (κ1) is 19.9. The van der Waals surface area contributed by atoms with Gasteiger partial charge in [-0.2, -0.15) is 0 Å². The summed E-state index contributed by atoms with van der Waals surface area (Å²) in [6.07, 6.45) is 4.06. The van der Waals surface area contributed by atoms with Gasteiger partial charge in [0.05, 0.1) is 25.8 Å². The van der Waals surface area contributed by atoms with Crippen molar-refractivity contribution in [2.45, 2.75) is 0 Å². The number of benzene rings is 2. The fourth-order valence-electron chi connectivity index (χ4n) is 1.94. The predicted octanol–water partition coefficient (Wildman–Crippen LogP) is 4.26. The molecule has 0 aromatic heterocycles. The molecule has 0 saturated carbocycles. The fourth-order valence-corrected chi connectivity index (χ4v) is 2.56. The first-order valence-corrected chi connectivity index (χ1v) is 7.21. The number of halogens is 1. The van der Waals surface area contributed by atoms with Gasteiger partial charge in [-0.1, -0.05) is 24.3 Å². The van der Waals surface area contributed by atoms with Gasteiger partial charge in [0.25, 0.3) is 0 Å². The second kappa shape index (κ2) is 9.88. The van der Waals surface area contributed by atoms with Crippen LogP contribution in [0.15, 0.2) is 40.9 Å². The fraction of sp³-hybridized carbons (Fsp3) is 0.176. The molecule has 2 rings (SSSR count). The molecule has 0 aliphatic heterocycles. The number of rotatable bonds is 5. The van der Waals surface area contributed by atoms with E-state index in [9.17, 15) is 0 Å². The molecule has 5 heteroatoms. The third-order valence-electron chi connectivity index (χ3n) is 3.04. The van der Waals surface area contributed by atoms with E-state index in [0.29, 0.717) is 11.5 Å². The maximum Gasteiger partial charge on any atom is 0.174 e. The Morgan fingerprint density at radius 2 is 1.45 bits per heavy atom. The number of ether oxygens (including phenoxy) is 3. The van der Waals surface area contributed by atoms with E-state index in [1.165, 1.54) is 0 Å².